The third-order valence-corrected chi connectivity index (χ3v) is 5.14. The Hall–Kier alpha value is -1.83. The number of thiazole rings is 1. The lowest BCUT2D eigenvalue weighted by Crippen LogP contribution is -2.19. The molecule has 120 valence electrons. The second kappa shape index (κ2) is 7.16. The zero-order chi connectivity index (χ0) is 16.2. The van der Waals surface area contributed by atoms with Gasteiger partial charge in [-0.25, -0.2) is 4.39 Å². The number of benzene rings is 1. The van der Waals surface area contributed by atoms with Gasteiger partial charge in [0.25, 0.3) is 5.91 Å². The molecule has 0 saturated heterocycles. The van der Waals surface area contributed by atoms with Gasteiger partial charge in [0.1, 0.15) is 5.82 Å². The van der Waals surface area contributed by atoms with Gasteiger partial charge in [0, 0.05) is 13.2 Å². The highest BCUT2D eigenvalue weighted by Gasteiger charge is 2.10. The van der Waals surface area contributed by atoms with Gasteiger partial charge in [-0.3, -0.25) is 4.79 Å². The molecule has 7 heteroatoms. The Kier molecular flexibility index (Phi) is 5.00. The van der Waals surface area contributed by atoms with E-state index < -0.39 is 0 Å². The molecule has 0 fully saturated rings. The Morgan fingerprint density at radius 1 is 1.39 bits per heavy atom. The maximum absolute atomic E-state index is 13.4. The van der Waals surface area contributed by atoms with Crippen LogP contribution in [0.5, 0.6) is 0 Å². The Bertz CT molecular complexity index is 881. The molecule has 0 spiro atoms. The summed E-state index contributed by atoms with van der Waals surface area (Å²) >= 11 is 2.66. The Morgan fingerprint density at radius 2 is 2.26 bits per heavy atom. The van der Waals surface area contributed by atoms with Crippen LogP contribution in [0.4, 0.5) is 4.39 Å². The number of carbonyl (C=O) groups excluding carboxylic acids is 1. The molecule has 0 aliphatic carbocycles. The van der Waals surface area contributed by atoms with Crippen molar-refractivity contribution in [2.24, 2.45) is 4.99 Å². The average Bonchev–Trinajstić information content (AvgIpc) is 3.16. The van der Waals surface area contributed by atoms with Crippen LogP contribution in [0.25, 0.3) is 10.2 Å². The minimum Gasteiger partial charge on any atom is -0.380 e. The Balaban J connectivity index is 2.06. The van der Waals surface area contributed by atoms with Crippen molar-refractivity contribution in [2.75, 3.05) is 13.2 Å². The number of carbonyl (C=O) groups is 1. The molecule has 0 bridgehead atoms. The van der Waals surface area contributed by atoms with Gasteiger partial charge in [-0.05, 0) is 36.6 Å². The van der Waals surface area contributed by atoms with Crippen molar-refractivity contribution in [1.82, 2.24) is 4.57 Å². The number of fused-ring (bicyclic) bond motifs is 1. The molecule has 3 rings (SSSR count). The summed E-state index contributed by atoms with van der Waals surface area (Å²) in [6.45, 7) is 3.63. The number of ether oxygens (including phenoxy) is 1. The molecule has 4 nitrogen and oxygen atoms in total. The SMILES string of the molecule is CCOCCn1c(=NC(=O)c2cccs2)sc2cc(F)ccc21. The number of hydrogen-bond acceptors (Lipinski definition) is 4. The van der Waals surface area contributed by atoms with E-state index in [-0.39, 0.29) is 11.7 Å². The van der Waals surface area contributed by atoms with E-state index in [1.54, 1.807) is 12.1 Å². The highest BCUT2D eigenvalue weighted by Crippen LogP contribution is 2.19. The number of hydrogen-bond donors (Lipinski definition) is 0. The molecule has 0 aliphatic heterocycles. The zero-order valence-corrected chi connectivity index (χ0v) is 14.1. The third-order valence-electron chi connectivity index (χ3n) is 3.24. The van der Waals surface area contributed by atoms with Crippen LogP contribution in [0, 0.1) is 5.82 Å². The topological polar surface area (TPSA) is 43.6 Å². The van der Waals surface area contributed by atoms with Crippen LogP contribution >= 0.6 is 22.7 Å². The number of halogens is 1. The fourth-order valence-corrected chi connectivity index (χ4v) is 3.88. The van der Waals surface area contributed by atoms with E-state index in [1.807, 2.05) is 22.9 Å². The summed E-state index contributed by atoms with van der Waals surface area (Å²) in [6.07, 6.45) is 0. The smallest absolute Gasteiger partial charge is 0.289 e. The van der Waals surface area contributed by atoms with E-state index in [1.165, 1.54) is 34.8 Å². The van der Waals surface area contributed by atoms with E-state index in [2.05, 4.69) is 4.99 Å². The first-order valence-electron chi connectivity index (χ1n) is 7.18. The third kappa shape index (κ3) is 3.57. The van der Waals surface area contributed by atoms with Gasteiger partial charge in [-0.1, -0.05) is 17.4 Å². The molecule has 0 N–H and O–H groups in total. The molecule has 1 aromatic carbocycles. The van der Waals surface area contributed by atoms with Crippen LogP contribution in [-0.4, -0.2) is 23.7 Å². The summed E-state index contributed by atoms with van der Waals surface area (Å²) in [7, 11) is 0. The fraction of sp³-hybridized carbons (Fsp3) is 0.250. The van der Waals surface area contributed by atoms with Crippen molar-refractivity contribution in [1.29, 1.82) is 0 Å². The van der Waals surface area contributed by atoms with Gasteiger partial charge >= 0.3 is 0 Å². The van der Waals surface area contributed by atoms with Crippen LogP contribution in [0.1, 0.15) is 16.6 Å². The standard InChI is InChI=1S/C16H15FN2O2S2/c1-2-21-8-7-19-12-6-5-11(17)10-14(12)23-16(19)18-15(20)13-4-3-9-22-13/h3-6,9-10H,2,7-8H2,1H3. The first-order valence-corrected chi connectivity index (χ1v) is 8.88. The Morgan fingerprint density at radius 3 is 3.00 bits per heavy atom. The lowest BCUT2D eigenvalue weighted by atomic mass is 10.3. The number of thiophene rings is 1. The summed E-state index contributed by atoms with van der Waals surface area (Å²) in [4.78, 5) is 17.6. The van der Waals surface area contributed by atoms with Crippen LogP contribution in [-0.2, 0) is 11.3 Å². The van der Waals surface area contributed by atoms with Gasteiger partial charge in [-0.2, -0.15) is 4.99 Å². The number of amides is 1. The summed E-state index contributed by atoms with van der Waals surface area (Å²) in [5.74, 6) is -0.580. The molecule has 2 heterocycles. The molecule has 0 unspecified atom stereocenters. The summed E-state index contributed by atoms with van der Waals surface area (Å²) in [5.41, 5.74) is 0.855. The van der Waals surface area contributed by atoms with Crippen molar-refractivity contribution in [3.05, 3.63) is 51.2 Å². The van der Waals surface area contributed by atoms with Gasteiger partial charge in [0.2, 0.25) is 0 Å². The first kappa shape index (κ1) is 16.0. The summed E-state index contributed by atoms with van der Waals surface area (Å²) < 4.78 is 21.5. The predicted octanol–water partition coefficient (Wildman–Crippen LogP) is 3.68. The average molecular weight is 350 g/mol. The van der Waals surface area contributed by atoms with E-state index in [0.717, 1.165) is 10.2 Å². The lowest BCUT2D eigenvalue weighted by Gasteiger charge is -2.05. The molecule has 3 aromatic rings. The minimum atomic E-state index is -0.299. The van der Waals surface area contributed by atoms with Crippen LogP contribution in [0.15, 0.2) is 40.7 Å². The van der Waals surface area contributed by atoms with Crippen LogP contribution in [0.3, 0.4) is 0 Å². The number of aromatic nitrogens is 1. The molecule has 0 radical (unpaired) electrons. The van der Waals surface area contributed by atoms with Gasteiger partial charge < -0.3 is 9.30 Å². The maximum atomic E-state index is 13.4. The molecular weight excluding hydrogens is 335 g/mol. The monoisotopic (exact) mass is 350 g/mol. The van der Waals surface area contributed by atoms with E-state index in [4.69, 9.17) is 4.74 Å². The van der Waals surface area contributed by atoms with Crippen molar-refractivity contribution < 1.29 is 13.9 Å². The quantitative estimate of drug-likeness (QED) is 0.659. The normalized spacial score (nSPS) is 12.2. The highest BCUT2D eigenvalue weighted by atomic mass is 32.1. The molecule has 1 amide bonds. The second-order valence-corrected chi connectivity index (χ2v) is 6.70. The van der Waals surface area contributed by atoms with Crippen molar-refractivity contribution in [3.8, 4) is 0 Å². The van der Waals surface area contributed by atoms with Gasteiger partial charge in [0.15, 0.2) is 4.80 Å². The van der Waals surface area contributed by atoms with Gasteiger partial charge in [-0.15, -0.1) is 11.3 Å². The van der Waals surface area contributed by atoms with Crippen molar-refractivity contribution >= 4 is 38.8 Å². The molecular formula is C16H15FN2O2S2. The van der Waals surface area contributed by atoms with Gasteiger partial charge in [0.05, 0.1) is 21.7 Å². The second-order valence-electron chi connectivity index (χ2n) is 4.74. The summed E-state index contributed by atoms with van der Waals surface area (Å²) in [6, 6.07) is 8.15. The largest absolute Gasteiger partial charge is 0.380 e. The lowest BCUT2D eigenvalue weighted by molar-refractivity contribution is 0.100. The van der Waals surface area contributed by atoms with Crippen LogP contribution < -0.4 is 4.80 Å². The molecule has 0 aliphatic rings. The van der Waals surface area contributed by atoms with Crippen molar-refractivity contribution in [3.63, 3.8) is 0 Å². The maximum Gasteiger partial charge on any atom is 0.289 e. The van der Waals surface area contributed by atoms with E-state index in [9.17, 15) is 9.18 Å². The summed E-state index contributed by atoms with van der Waals surface area (Å²) in [5, 5.41) is 1.84. The predicted molar refractivity (Wildman–Crippen MR) is 90.5 cm³/mol. The van der Waals surface area contributed by atoms with Crippen molar-refractivity contribution in [2.45, 2.75) is 13.5 Å². The molecule has 0 atom stereocenters. The minimum absolute atomic E-state index is 0.280. The fourth-order valence-electron chi connectivity index (χ4n) is 2.19. The molecule has 0 saturated carbocycles. The first-order chi connectivity index (χ1) is 11.2. The number of rotatable bonds is 5. The number of nitrogens with zero attached hydrogens (tertiary/aromatic N) is 2. The van der Waals surface area contributed by atoms with E-state index in [0.29, 0.717) is 29.4 Å². The molecule has 23 heavy (non-hydrogen) atoms. The van der Waals surface area contributed by atoms with E-state index >= 15 is 0 Å². The van der Waals surface area contributed by atoms with Crippen LogP contribution in [0.2, 0.25) is 0 Å². The molecule has 2 aromatic heterocycles. The highest BCUT2D eigenvalue weighted by molar-refractivity contribution is 7.16. The zero-order valence-electron chi connectivity index (χ0n) is 12.5. The Labute approximate surface area is 140 Å².